The SMILES string of the molecule is Cc1ccccc1[C@@H]1CC(=O)Nc2nc(N)[nH]c(=O)c21. The Balaban J connectivity index is 2.23. The Morgan fingerprint density at radius 1 is 1.30 bits per heavy atom. The topological polar surface area (TPSA) is 101 Å². The monoisotopic (exact) mass is 270 g/mol. The molecule has 0 saturated carbocycles. The van der Waals surface area contributed by atoms with E-state index in [0.29, 0.717) is 5.56 Å². The van der Waals surface area contributed by atoms with Crippen LogP contribution in [0.2, 0.25) is 0 Å². The van der Waals surface area contributed by atoms with Gasteiger partial charge in [0.15, 0.2) is 0 Å². The molecular weight excluding hydrogens is 256 g/mol. The molecule has 0 spiro atoms. The minimum atomic E-state index is -0.305. The Morgan fingerprint density at radius 3 is 2.80 bits per heavy atom. The third-order valence-corrected chi connectivity index (χ3v) is 3.53. The van der Waals surface area contributed by atoms with Gasteiger partial charge in [-0.15, -0.1) is 0 Å². The lowest BCUT2D eigenvalue weighted by atomic mass is 9.84. The van der Waals surface area contributed by atoms with Crippen LogP contribution in [0.1, 0.15) is 29.0 Å². The van der Waals surface area contributed by atoms with Gasteiger partial charge >= 0.3 is 0 Å². The number of aryl methyl sites for hydroxylation is 1. The van der Waals surface area contributed by atoms with Crippen LogP contribution in [0.15, 0.2) is 29.1 Å². The van der Waals surface area contributed by atoms with Crippen LogP contribution in [0.4, 0.5) is 11.8 Å². The lowest BCUT2D eigenvalue weighted by Crippen LogP contribution is -2.31. The van der Waals surface area contributed by atoms with Crippen molar-refractivity contribution in [1.29, 1.82) is 0 Å². The van der Waals surface area contributed by atoms with Crippen LogP contribution >= 0.6 is 0 Å². The summed E-state index contributed by atoms with van der Waals surface area (Å²) < 4.78 is 0. The first-order valence-electron chi connectivity index (χ1n) is 6.31. The normalized spacial score (nSPS) is 17.4. The van der Waals surface area contributed by atoms with Gasteiger partial charge in [0, 0.05) is 12.3 Å². The average Bonchev–Trinajstić information content (AvgIpc) is 2.37. The van der Waals surface area contributed by atoms with Crippen molar-refractivity contribution in [1.82, 2.24) is 9.97 Å². The second kappa shape index (κ2) is 4.48. The summed E-state index contributed by atoms with van der Waals surface area (Å²) in [4.78, 5) is 30.5. The van der Waals surface area contributed by atoms with Crippen molar-refractivity contribution in [3.63, 3.8) is 0 Å². The highest BCUT2D eigenvalue weighted by Gasteiger charge is 2.31. The Kier molecular flexibility index (Phi) is 2.78. The van der Waals surface area contributed by atoms with E-state index in [2.05, 4.69) is 15.3 Å². The molecule has 1 amide bonds. The molecule has 102 valence electrons. The zero-order valence-corrected chi connectivity index (χ0v) is 10.9. The molecule has 1 aliphatic rings. The summed E-state index contributed by atoms with van der Waals surface area (Å²) in [6.07, 6.45) is 0.229. The molecule has 0 fully saturated rings. The fourth-order valence-electron chi connectivity index (χ4n) is 2.63. The highest BCUT2D eigenvalue weighted by Crippen LogP contribution is 2.35. The minimum absolute atomic E-state index is 0.000478. The molecule has 2 aromatic rings. The smallest absolute Gasteiger partial charge is 0.258 e. The second-order valence-electron chi connectivity index (χ2n) is 4.87. The highest BCUT2D eigenvalue weighted by molar-refractivity contribution is 5.94. The maximum atomic E-state index is 12.2. The van der Waals surface area contributed by atoms with E-state index < -0.39 is 0 Å². The number of nitrogens with two attached hydrogens (primary N) is 1. The summed E-state index contributed by atoms with van der Waals surface area (Å²) in [5, 5.41) is 2.61. The summed E-state index contributed by atoms with van der Waals surface area (Å²) >= 11 is 0. The molecule has 0 unspecified atom stereocenters. The first-order valence-corrected chi connectivity index (χ1v) is 6.31. The number of aromatic nitrogens is 2. The van der Waals surface area contributed by atoms with Crippen molar-refractivity contribution in [2.45, 2.75) is 19.3 Å². The van der Waals surface area contributed by atoms with Crippen molar-refractivity contribution in [2.24, 2.45) is 0 Å². The first-order chi connectivity index (χ1) is 9.56. The number of carbonyl (C=O) groups excluding carboxylic acids is 1. The number of carbonyl (C=O) groups is 1. The van der Waals surface area contributed by atoms with E-state index in [1.54, 1.807) is 0 Å². The third-order valence-electron chi connectivity index (χ3n) is 3.53. The molecule has 6 nitrogen and oxygen atoms in total. The molecule has 4 N–H and O–H groups in total. The van der Waals surface area contributed by atoms with E-state index in [0.717, 1.165) is 11.1 Å². The summed E-state index contributed by atoms with van der Waals surface area (Å²) in [6.45, 7) is 1.96. The van der Waals surface area contributed by atoms with Gasteiger partial charge in [-0.2, -0.15) is 4.98 Å². The van der Waals surface area contributed by atoms with Crippen LogP contribution in [0.25, 0.3) is 0 Å². The zero-order valence-electron chi connectivity index (χ0n) is 10.9. The number of nitrogen functional groups attached to an aromatic ring is 1. The average molecular weight is 270 g/mol. The van der Waals surface area contributed by atoms with Crippen LogP contribution in [0.3, 0.4) is 0 Å². The second-order valence-corrected chi connectivity index (χ2v) is 4.87. The van der Waals surface area contributed by atoms with Crippen molar-refractivity contribution in [2.75, 3.05) is 11.1 Å². The number of rotatable bonds is 1. The van der Waals surface area contributed by atoms with Gasteiger partial charge in [0.25, 0.3) is 5.56 Å². The summed E-state index contributed by atoms with van der Waals surface area (Å²) in [5.74, 6) is -0.199. The van der Waals surface area contributed by atoms with E-state index in [1.165, 1.54) is 0 Å². The number of hydrogen-bond acceptors (Lipinski definition) is 4. The van der Waals surface area contributed by atoms with Crippen LogP contribution in [-0.4, -0.2) is 15.9 Å². The molecule has 1 atom stereocenters. The largest absolute Gasteiger partial charge is 0.369 e. The molecule has 1 aromatic carbocycles. The zero-order chi connectivity index (χ0) is 14.3. The molecule has 0 radical (unpaired) electrons. The van der Waals surface area contributed by atoms with Crippen LogP contribution in [0, 0.1) is 6.92 Å². The van der Waals surface area contributed by atoms with Gasteiger partial charge in [0.05, 0.1) is 5.56 Å². The lowest BCUT2D eigenvalue weighted by molar-refractivity contribution is -0.116. The van der Waals surface area contributed by atoms with Gasteiger partial charge in [-0.25, -0.2) is 0 Å². The maximum Gasteiger partial charge on any atom is 0.258 e. The molecule has 3 rings (SSSR count). The molecule has 0 saturated heterocycles. The van der Waals surface area contributed by atoms with Crippen molar-refractivity contribution >= 4 is 17.7 Å². The number of nitrogens with one attached hydrogen (secondary N) is 2. The number of aromatic amines is 1. The van der Waals surface area contributed by atoms with E-state index in [9.17, 15) is 9.59 Å². The Labute approximate surface area is 115 Å². The fraction of sp³-hybridized carbons (Fsp3) is 0.214. The van der Waals surface area contributed by atoms with Crippen LogP contribution in [0.5, 0.6) is 0 Å². The number of H-pyrrole nitrogens is 1. The van der Waals surface area contributed by atoms with Crippen molar-refractivity contribution in [3.05, 3.63) is 51.3 Å². The Morgan fingerprint density at radius 2 is 2.05 bits per heavy atom. The number of amides is 1. The fourth-order valence-corrected chi connectivity index (χ4v) is 2.63. The summed E-state index contributed by atoms with van der Waals surface area (Å²) in [7, 11) is 0. The number of anilines is 2. The molecule has 20 heavy (non-hydrogen) atoms. The van der Waals surface area contributed by atoms with Gasteiger partial charge in [-0.3, -0.25) is 14.6 Å². The number of nitrogens with zero attached hydrogens (tertiary/aromatic N) is 1. The molecular formula is C14H14N4O2. The summed E-state index contributed by atoms with van der Waals surface area (Å²) in [6, 6.07) is 7.71. The number of hydrogen-bond donors (Lipinski definition) is 3. The summed E-state index contributed by atoms with van der Waals surface area (Å²) in [5.41, 5.74) is 7.68. The van der Waals surface area contributed by atoms with E-state index in [1.807, 2.05) is 31.2 Å². The Hall–Kier alpha value is -2.63. The molecule has 0 bridgehead atoms. The van der Waals surface area contributed by atoms with Crippen LogP contribution in [-0.2, 0) is 4.79 Å². The standard InChI is InChI=1S/C14H14N4O2/c1-7-4-2-3-5-8(7)9-6-10(19)16-12-11(9)13(20)18-14(15)17-12/h2-5,9H,6H2,1H3,(H4,15,16,17,18,19,20)/t9-/m0/s1. The van der Waals surface area contributed by atoms with Crippen molar-refractivity contribution in [3.8, 4) is 0 Å². The number of fused-ring (bicyclic) bond motifs is 1. The molecule has 1 aromatic heterocycles. The predicted octanol–water partition coefficient (Wildman–Crippen LogP) is 1.13. The molecule has 2 heterocycles. The van der Waals surface area contributed by atoms with E-state index in [4.69, 9.17) is 5.73 Å². The number of benzene rings is 1. The van der Waals surface area contributed by atoms with E-state index >= 15 is 0 Å². The third kappa shape index (κ3) is 1.95. The predicted molar refractivity (Wildman–Crippen MR) is 75.5 cm³/mol. The van der Waals surface area contributed by atoms with Gasteiger partial charge in [-0.1, -0.05) is 24.3 Å². The van der Waals surface area contributed by atoms with Crippen LogP contribution < -0.4 is 16.6 Å². The lowest BCUT2D eigenvalue weighted by Gasteiger charge is -2.25. The van der Waals surface area contributed by atoms with Gasteiger partial charge < -0.3 is 11.1 Å². The Bertz CT molecular complexity index is 751. The molecule has 6 heteroatoms. The minimum Gasteiger partial charge on any atom is -0.369 e. The maximum absolute atomic E-state index is 12.2. The van der Waals surface area contributed by atoms with Gasteiger partial charge in [-0.05, 0) is 18.1 Å². The van der Waals surface area contributed by atoms with Crippen molar-refractivity contribution < 1.29 is 4.79 Å². The highest BCUT2D eigenvalue weighted by atomic mass is 16.2. The molecule has 1 aliphatic heterocycles. The van der Waals surface area contributed by atoms with Gasteiger partial charge in [0.2, 0.25) is 11.9 Å². The first kappa shape index (κ1) is 12.4. The van der Waals surface area contributed by atoms with E-state index in [-0.39, 0.29) is 35.6 Å². The van der Waals surface area contributed by atoms with Gasteiger partial charge in [0.1, 0.15) is 5.82 Å². The quantitative estimate of drug-likeness (QED) is 0.723. The molecule has 0 aliphatic carbocycles.